The number of ketones is 1. The average molecular weight is 433 g/mol. The van der Waals surface area contributed by atoms with Gasteiger partial charge in [0, 0.05) is 18.5 Å². The summed E-state index contributed by atoms with van der Waals surface area (Å²) in [7, 11) is 3.80. The topological polar surface area (TPSA) is 67.9 Å². The van der Waals surface area contributed by atoms with Gasteiger partial charge in [-0.3, -0.25) is 9.59 Å². The number of methoxy groups -OCH3 is 1. The summed E-state index contributed by atoms with van der Waals surface area (Å²) in [6, 6.07) is 13.3. The monoisotopic (exact) mass is 432 g/mol. The molecule has 0 unspecified atom stereocenters. The Bertz CT molecular complexity index is 872. The number of amides is 1. The second-order valence-electron chi connectivity index (χ2n) is 7.29. The summed E-state index contributed by atoms with van der Waals surface area (Å²) in [6.07, 6.45) is 3.22. The Morgan fingerprint density at radius 3 is 2.77 bits per heavy atom. The lowest BCUT2D eigenvalue weighted by Crippen LogP contribution is -2.25. The minimum absolute atomic E-state index is 0. The number of halogens is 1. The molecule has 1 aliphatic heterocycles. The number of ether oxygens (including phenoxy) is 2. The molecule has 1 aliphatic rings. The fourth-order valence-corrected chi connectivity index (χ4v) is 3.40. The lowest BCUT2D eigenvalue weighted by molar-refractivity contribution is -0.118. The van der Waals surface area contributed by atoms with Gasteiger partial charge in [-0.25, -0.2) is 0 Å². The number of carbonyl (C=O) groups is 2. The van der Waals surface area contributed by atoms with Crippen molar-refractivity contribution in [1.82, 2.24) is 4.90 Å². The van der Waals surface area contributed by atoms with Crippen LogP contribution in [0.25, 0.3) is 0 Å². The maximum absolute atomic E-state index is 12.5. The van der Waals surface area contributed by atoms with Crippen molar-refractivity contribution in [2.75, 3.05) is 39.2 Å². The molecule has 30 heavy (non-hydrogen) atoms. The van der Waals surface area contributed by atoms with E-state index in [1.807, 2.05) is 18.2 Å². The fraction of sp³-hybridized carbons (Fsp3) is 0.391. The number of carbonyl (C=O) groups excluding carboxylic acids is 2. The first kappa shape index (κ1) is 23.7. The molecule has 1 N–H and O–H groups in total. The number of para-hydroxylation sites is 1. The molecule has 0 spiro atoms. The van der Waals surface area contributed by atoms with Gasteiger partial charge in [0.25, 0.3) is 5.91 Å². The first-order valence-electron chi connectivity index (χ1n) is 9.97. The van der Waals surface area contributed by atoms with Crippen molar-refractivity contribution in [3.05, 3.63) is 53.6 Å². The zero-order chi connectivity index (χ0) is 20.6. The molecule has 2 aromatic rings. The van der Waals surface area contributed by atoms with E-state index in [2.05, 4.69) is 23.3 Å². The van der Waals surface area contributed by atoms with Gasteiger partial charge in [-0.2, -0.15) is 0 Å². The average Bonchev–Trinajstić information content (AvgIpc) is 2.74. The van der Waals surface area contributed by atoms with E-state index in [9.17, 15) is 9.59 Å². The first-order chi connectivity index (χ1) is 14.1. The number of nitrogens with one attached hydrogen (secondary N) is 1. The van der Waals surface area contributed by atoms with Crippen molar-refractivity contribution >= 4 is 29.8 Å². The molecule has 0 aliphatic carbocycles. The van der Waals surface area contributed by atoms with Gasteiger partial charge in [0.05, 0.1) is 12.8 Å². The molecule has 7 heteroatoms. The highest BCUT2D eigenvalue weighted by Gasteiger charge is 2.17. The number of benzene rings is 2. The van der Waals surface area contributed by atoms with E-state index in [-0.39, 0.29) is 30.7 Å². The molecular formula is C23H29ClN2O4. The largest absolute Gasteiger partial charge is 0.496 e. The number of hydrogen-bond donors (Lipinski definition) is 1. The predicted octanol–water partition coefficient (Wildman–Crippen LogP) is 3.98. The van der Waals surface area contributed by atoms with E-state index in [1.165, 1.54) is 5.56 Å². The van der Waals surface area contributed by atoms with Crippen LogP contribution in [0.2, 0.25) is 0 Å². The van der Waals surface area contributed by atoms with Gasteiger partial charge in [-0.15, -0.1) is 12.4 Å². The third-order valence-corrected chi connectivity index (χ3v) is 5.08. The van der Waals surface area contributed by atoms with E-state index in [4.69, 9.17) is 9.47 Å². The third-order valence-electron chi connectivity index (χ3n) is 5.08. The number of likely N-dealkylation sites (N-methyl/N-ethyl adjacent to an activating group) is 1. The molecule has 0 fully saturated rings. The minimum atomic E-state index is -0.196. The SMILES string of the molecule is COc1ccccc1CCN(C)CCCCC(=O)c1ccc2c(c1)NC(=O)CO2.Cl. The molecule has 6 nitrogen and oxygen atoms in total. The summed E-state index contributed by atoms with van der Waals surface area (Å²) in [4.78, 5) is 26.2. The summed E-state index contributed by atoms with van der Waals surface area (Å²) >= 11 is 0. The first-order valence-corrected chi connectivity index (χ1v) is 9.97. The number of rotatable bonds is 10. The quantitative estimate of drug-likeness (QED) is 0.454. The number of Topliss-reactive ketones (excluding diaryl/α,β-unsaturated/α-hetero) is 1. The van der Waals surface area contributed by atoms with Crippen LogP contribution < -0.4 is 14.8 Å². The molecule has 3 rings (SSSR count). The summed E-state index contributed by atoms with van der Waals surface area (Å²) in [5, 5.41) is 2.74. The Labute approximate surface area is 184 Å². The number of hydrogen-bond acceptors (Lipinski definition) is 5. The van der Waals surface area contributed by atoms with Gasteiger partial charge in [0.1, 0.15) is 11.5 Å². The number of unbranched alkanes of at least 4 members (excludes halogenated alkanes) is 1. The molecule has 0 aromatic heterocycles. The molecule has 2 aromatic carbocycles. The lowest BCUT2D eigenvalue weighted by Gasteiger charge is -2.18. The van der Waals surface area contributed by atoms with Crippen molar-refractivity contribution in [1.29, 1.82) is 0 Å². The second kappa shape index (κ2) is 11.6. The Morgan fingerprint density at radius 2 is 1.97 bits per heavy atom. The Kier molecular flexibility index (Phi) is 9.15. The molecule has 0 saturated heterocycles. The van der Waals surface area contributed by atoms with E-state index in [0.717, 1.165) is 38.1 Å². The van der Waals surface area contributed by atoms with Crippen LogP contribution in [0.1, 0.15) is 35.2 Å². The van der Waals surface area contributed by atoms with E-state index in [0.29, 0.717) is 23.4 Å². The van der Waals surface area contributed by atoms with E-state index < -0.39 is 0 Å². The molecule has 0 radical (unpaired) electrons. The van der Waals surface area contributed by atoms with Crippen LogP contribution in [-0.2, 0) is 11.2 Å². The van der Waals surface area contributed by atoms with Crippen LogP contribution in [-0.4, -0.2) is 50.4 Å². The normalized spacial score (nSPS) is 12.4. The summed E-state index contributed by atoms with van der Waals surface area (Å²) in [6.45, 7) is 1.90. The van der Waals surface area contributed by atoms with Gasteiger partial charge in [-0.1, -0.05) is 18.2 Å². The van der Waals surface area contributed by atoms with Crippen molar-refractivity contribution in [2.24, 2.45) is 0 Å². The highest BCUT2D eigenvalue weighted by Crippen LogP contribution is 2.29. The summed E-state index contributed by atoms with van der Waals surface area (Å²) < 4.78 is 10.7. The number of fused-ring (bicyclic) bond motifs is 1. The zero-order valence-corrected chi connectivity index (χ0v) is 18.3. The highest BCUT2D eigenvalue weighted by atomic mass is 35.5. The van der Waals surface area contributed by atoms with Crippen LogP contribution in [0.5, 0.6) is 11.5 Å². The maximum atomic E-state index is 12.5. The number of anilines is 1. The molecule has 0 atom stereocenters. The third kappa shape index (κ3) is 6.47. The molecule has 162 valence electrons. The molecule has 1 heterocycles. The Morgan fingerprint density at radius 1 is 1.17 bits per heavy atom. The van der Waals surface area contributed by atoms with Gasteiger partial charge in [-0.05, 0) is 62.7 Å². The van der Waals surface area contributed by atoms with Crippen molar-refractivity contribution < 1.29 is 19.1 Å². The minimum Gasteiger partial charge on any atom is -0.496 e. The van der Waals surface area contributed by atoms with Crippen LogP contribution in [0.15, 0.2) is 42.5 Å². The highest BCUT2D eigenvalue weighted by molar-refractivity contribution is 6.00. The van der Waals surface area contributed by atoms with Gasteiger partial charge in [0.2, 0.25) is 0 Å². The molecule has 0 bridgehead atoms. The predicted molar refractivity (Wildman–Crippen MR) is 120 cm³/mol. The van der Waals surface area contributed by atoms with Crippen LogP contribution in [0.3, 0.4) is 0 Å². The number of nitrogens with zero attached hydrogens (tertiary/aromatic N) is 1. The van der Waals surface area contributed by atoms with Gasteiger partial charge < -0.3 is 19.7 Å². The zero-order valence-electron chi connectivity index (χ0n) is 17.5. The fourth-order valence-electron chi connectivity index (χ4n) is 3.40. The van der Waals surface area contributed by atoms with Gasteiger partial charge >= 0.3 is 0 Å². The second-order valence-corrected chi connectivity index (χ2v) is 7.29. The summed E-state index contributed by atoms with van der Waals surface area (Å²) in [5.41, 5.74) is 2.39. The van der Waals surface area contributed by atoms with Crippen molar-refractivity contribution in [3.8, 4) is 11.5 Å². The standard InChI is InChI=1S/C23H28N2O4.ClH/c1-25(14-12-17-7-3-4-9-21(17)28-2)13-6-5-8-20(26)18-10-11-22-19(15-18)24-23(27)16-29-22;/h3-4,7,9-11,15H,5-6,8,12-14,16H2,1-2H3,(H,24,27);1H. The van der Waals surface area contributed by atoms with Crippen LogP contribution in [0, 0.1) is 0 Å². The van der Waals surface area contributed by atoms with Crippen molar-refractivity contribution in [2.45, 2.75) is 25.7 Å². The lowest BCUT2D eigenvalue weighted by atomic mass is 10.0. The van der Waals surface area contributed by atoms with Gasteiger partial charge in [0.15, 0.2) is 12.4 Å². The molecular weight excluding hydrogens is 404 g/mol. The Hall–Kier alpha value is -2.57. The van der Waals surface area contributed by atoms with Crippen molar-refractivity contribution in [3.63, 3.8) is 0 Å². The smallest absolute Gasteiger partial charge is 0.262 e. The molecule has 0 saturated carbocycles. The molecule has 1 amide bonds. The maximum Gasteiger partial charge on any atom is 0.262 e. The van der Waals surface area contributed by atoms with Crippen LogP contribution >= 0.6 is 12.4 Å². The van der Waals surface area contributed by atoms with E-state index >= 15 is 0 Å². The summed E-state index contributed by atoms with van der Waals surface area (Å²) in [5.74, 6) is 1.43. The van der Waals surface area contributed by atoms with E-state index in [1.54, 1.807) is 25.3 Å². The van der Waals surface area contributed by atoms with Crippen LogP contribution in [0.4, 0.5) is 5.69 Å². The Balaban J connectivity index is 0.00000320.